The number of anilines is 1. The molecule has 3 heterocycles. The molecule has 180 valence electrons. The summed E-state index contributed by atoms with van der Waals surface area (Å²) in [5, 5.41) is 11.1. The molecule has 13 heteroatoms. The second kappa shape index (κ2) is 9.58. The van der Waals surface area contributed by atoms with Crippen molar-refractivity contribution in [3.63, 3.8) is 0 Å². The van der Waals surface area contributed by atoms with E-state index in [1.165, 1.54) is 6.07 Å². The van der Waals surface area contributed by atoms with Gasteiger partial charge in [0.15, 0.2) is 29.1 Å². The van der Waals surface area contributed by atoms with Gasteiger partial charge in [-0.1, -0.05) is 11.6 Å². The number of benzene rings is 1. The Morgan fingerprint density at radius 3 is 2.54 bits per heavy atom. The van der Waals surface area contributed by atoms with E-state index in [0.717, 1.165) is 0 Å². The van der Waals surface area contributed by atoms with Crippen molar-refractivity contribution in [3.8, 4) is 11.5 Å². The number of amides is 2. The lowest BCUT2D eigenvalue weighted by Gasteiger charge is -2.08. The van der Waals surface area contributed by atoms with Crippen LogP contribution in [0.25, 0.3) is 11.5 Å². The van der Waals surface area contributed by atoms with E-state index < -0.39 is 23.4 Å². The number of oxazole rings is 1. The third-order valence-electron chi connectivity index (χ3n) is 4.86. The number of halogens is 3. The molecule has 0 saturated heterocycles. The standard InChI is InChI=1S/C22H18ClF2N7O3/c1-9-20(35-11(3)28-9)19-12(7-26-10(2)29-19)8-27-22(34)17-6-18(32-31-17)30-21(33)13-4-15(24)16(25)5-14(13)23/h4-7H,8H2,1-3H3,(H,27,34)(H2,30,31,32,33). The Hall–Kier alpha value is -4.19. The van der Waals surface area contributed by atoms with E-state index in [-0.39, 0.29) is 28.6 Å². The minimum atomic E-state index is -1.23. The maximum atomic E-state index is 13.5. The van der Waals surface area contributed by atoms with Gasteiger partial charge in [0.1, 0.15) is 17.2 Å². The van der Waals surface area contributed by atoms with E-state index in [1.807, 2.05) is 0 Å². The lowest BCUT2D eigenvalue weighted by molar-refractivity contribution is 0.0945. The van der Waals surface area contributed by atoms with Crippen LogP contribution in [0.3, 0.4) is 0 Å². The van der Waals surface area contributed by atoms with Crippen LogP contribution >= 0.6 is 11.6 Å². The Kier molecular flexibility index (Phi) is 6.56. The van der Waals surface area contributed by atoms with Gasteiger partial charge in [0.2, 0.25) is 0 Å². The normalized spacial score (nSPS) is 10.9. The number of aromatic amines is 1. The molecule has 4 aromatic rings. The van der Waals surface area contributed by atoms with Crippen molar-refractivity contribution in [3.05, 3.63) is 75.3 Å². The highest BCUT2D eigenvalue weighted by atomic mass is 35.5. The number of nitrogens with one attached hydrogen (secondary N) is 3. The van der Waals surface area contributed by atoms with Crippen LogP contribution < -0.4 is 10.6 Å². The third-order valence-corrected chi connectivity index (χ3v) is 5.17. The monoisotopic (exact) mass is 501 g/mol. The van der Waals surface area contributed by atoms with Gasteiger partial charge in [-0.25, -0.2) is 23.7 Å². The molecule has 0 unspecified atom stereocenters. The lowest BCUT2D eigenvalue weighted by Crippen LogP contribution is -2.24. The summed E-state index contributed by atoms with van der Waals surface area (Å²) in [7, 11) is 0. The second-order valence-electron chi connectivity index (χ2n) is 7.49. The number of aryl methyl sites for hydroxylation is 3. The van der Waals surface area contributed by atoms with Gasteiger partial charge in [-0.2, -0.15) is 5.10 Å². The van der Waals surface area contributed by atoms with E-state index in [0.29, 0.717) is 46.6 Å². The highest BCUT2D eigenvalue weighted by Gasteiger charge is 2.19. The van der Waals surface area contributed by atoms with Gasteiger partial charge in [-0.05, 0) is 26.0 Å². The van der Waals surface area contributed by atoms with E-state index in [9.17, 15) is 18.4 Å². The molecule has 3 N–H and O–H groups in total. The zero-order valence-electron chi connectivity index (χ0n) is 18.7. The van der Waals surface area contributed by atoms with Crippen LogP contribution in [-0.2, 0) is 6.54 Å². The molecule has 0 aliphatic heterocycles. The molecule has 35 heavy (non-hydrogen) atoms. The van der Waals surface area contributed by atoms with Gasteiger partial charge in [-0.15, -0.1) is 0 Å². The predicted molar refractivity (Wildman–Crippen MR) is 121 cm³/mol. The first kappa shape index (κ1) is 24.0. The van der Waals surface area contributed by atoms with Crippen molar-refractivity contribution in [1.82, 2.24) is 30.5 Å². The molecule has 1 aromatic carbocycles. The summed E-state index contributed by atoms with van der Waals surface area (Å²) in [6.45, 7) is 5.32. The van der Waals surface area contributed by atoms with Gasteiger partial charge in [0.25, 0.3) is 11.8 Å². The third kappa shape index (κ3) is 5.17. The first-order chi connectivity index (χ1) is 16.6. The Morgan fingerprint density at radius 1 is 1.09 bits per heavy atom. The second-order valence-corrected chi connectivity index (χ2v) is 7.90. The van der Waals surface area contributed by atoms with Crippen LogP contribution in [0.2, 0.25) is 5.02 Å². The molecular weight excluding hydrogens is 484 g/mol. The minimum Gasteiger partial charge on any atom is -0.439 e. The maximum absolute atomic E-state index is 13.5. The molecular formula is C22H18ClF2N7O3. The van der Waals surface area contributed by atoms with Crippen LogP contribution in [0, 0.1) is 32.4 Å². The summed E-state index contributed by atoms with van der Waals surface area (Å²) < 4.78 is 32.4. The van der Waals surface area contributed by atoms with Crippen molar-refractivity contribution in [2.45, 2.75) is 27.3 Å². The summed E-state index contributed by atoms with van der Waals surface area (Å²) in [5.74, 6) is -2.28. The van der Waals surface area contributed by atoms with Crippen LogP contribution in [0.1, 0.15) is 43.8 Å². The number of aromatic nitrogens is 5. The summed E-state index contributed by atoms with van der Waals surface area (Å²) in [6.07, 6.45) is 1.58. The van der Waals surface area contributed by atoms with Gasteiger partial charge in [0.05, 0.1) is 16.3 Å². The van der Waals surface area contributed by atoms with Crippen LogP contribution in [0.4, 0.5) is 14.6 Å². The van der Waals surface area contributed by atoms with Gasteiger partial charge < -0.3 is 15.1 Å². The first-order valence-electron chi connectivity index (χ1n) is 10.2. The average molecular weight is 502 g/mol. The smallest absolute Gasteiger partial charge is 0.269 e. The van der Waals surface area contributed by atoms with Crippen LogP contribution in [-0.4, -0.2) is 37.0 Å². The largest absolute Gasteiger partial charge is 0.439 e. The van der Waals surface area contributed by atoms with Gasteiger partial charge >= 0.3 is 0 Å². The average Bonchev–Trinajstić information content (AvgIpc) is 3.40. The van der Waals surface area contributed by atoms with E-state index >= 15 is 0 Å². The Labute approximate surface area is 202 Å². The number of rotatable bonds is 6. The van der Waals surface area contributed by atoms with Gasteiger partial charge in [0, 0.05) is 31.3 Å². The molecule has 3 aromatic heterocycles. The van der Waals surface area contributed by atoms with Crippen LogP contribution in [0.15, 0.2) is 28.8 Å². The van der Waals surface area contributed by atoms with E-state index in [2.05, 4.69) is 35.8 Å². The van der Waals surface area contributed by atoms with Crippen molar-refractivity contribution in [1.29, 1.82) is 0 Å². The van der Waals surface area contributed by atoms with Crippen molar-refractivity contribution in [2.75, 3.05) is 5.32 Å². The predicted octanol–water partition coefficient (Wildman–Crippen LogP) is 3.89. The Bertz CT molecular complexity index is 1450. The number of nitrogens with zero attached hydrogens (tertiary/aromatic N) is 4. The number of carbonyl (C=O) groups excluding carboxylic acids is 2. The molecule has 0 fully saturated rings. The first-order valence-corrected chi connectivity index (χ1v) is 10.6. The SMILES string of the molecule is Cc1ncc(CNC(=O)c2cc(NC(=O)c3cc(F)c(F)cc3Cl)n[nH]2)c(-c2oc(C)nc2C)n1. The number of hydrogen-bond donors (Lipinski definition) is 3. The fourth-order valence-electron chi connectivity index (χ4n) is 3.22. The zero-order valence-corrected chi connectivity index (χ0v) is 19.4. The van der Waals surface area contributed by atoms with E-state index in [1.54, 1.807) is 27.0 Å². The lowest BCUT2D eigenvalue weighted by atomic mass is 10.1. The van der Waals surface area contributed by atoms with Crippen molar-refractivity contribution in [2.24, 2.45) is 0 Å². The summed E-state index contributed by atoms with van der Waals surface area (Å²) in [6, 6.07) is 2.64. The fraction of sp³-hybridized carbons (Fsp3) is 0.182. The molecule has 10 nitrogen and oxygen atoms in total. The quantitative estimate of drug-likeness (QED) is 0.340. The molecule has 0 saturated carbocycles. The highest BCUT2D eigenvalue weighted by molar-refractivity contribution is 6.34. The summed E-state index contributed by atoms with van der Waals surface area (Å²) >= 11 is 5.81. The molecule has 0 spiro atoms. The molecule has 0 radical (unpaired) electrons. The van der Waals surface area contributed by atoms with Crippen molar-refractivity contribution < 1.29 is 22.8 Å². The molecule has 4 rings (SSSR count). The summed E-state index contributed by atoms with van der Waals surface area (Å²) in [5.41, 5.74) is 1.52. The topological polar surface area (TPSA) is 139 Å². The Balaban J connectivity index is 1.46. The van der Waals surface area contributed by atoms with Gasteiger partial charge in [-0.3, -0.25) is 14.7 Å². The number of H-pyrrole nitrogens is 1. The molecule has 0 atom stereocenters. The minimum absolute atomic E-state index is 0.0203. The Morgan fingerprint density at radius 2 is 1.83 bits per heavy atom. The number of hydrogen-bond acceptors (Lipinski definition) is 7. The van der Waals surface area contributed by atoms with Crippen molar-refractivity contribution >= 4 is 29.2 Å². The number of carbonyl (C=O) groups is 2. The fourth-order valence-corrected chi connectivity index (χ4v) is 3.46. The molecule has 0 bridgehead atoms. The highest BCUT2D eigenvalue weighted by Crippen LogP contribution is 2.26. The maximum Gasteiger partial charge on any atom is 0.269 e. The summed E-state index contributed by atoms with van der Waals surface area (Å²) in [4.78, 5) is 37.8. The zero-order chi connectivity index (χ0) is 25.3. The van der Waals surface area contributed by atoms with E-state index in [4.69, 9.17) is 16.0 Å². The van der Waals surface area contributed by atoms with Crippen LogP contribution in [0.5, 0.6) is 0 Å². The molecule has 0 aliphatic rings. The molecule has 2 amide bonds. The molecule has 0 aliphatic carbocycles.